The van der Waals surface area contributed by atoms with Gasteiger partial charge in [-0.25, -0.2) is 0 Å². The van der Waals surface area contributed by atoms with Crippen LogP contribution in [-0.2, 0) is 13.0 Å². The van der Waals surface area contributed by atoms with Gasteiger partial charge in [0.2, 0.25) is 0 Å². The van der Waals surface area contributed by atoms with E-state index in [1.54, 1.807) is 0 Å². The molecule has 0 atom stereocenters. The molecule has 2 aromatic carbocycles. The average Bonchev–Trinajstić information content (AvgIpc) is 3.11. The normalized spacial score (nSPS) is 12.5. The number of rotatable bonds is 5. The van der Waals surface area contributed by atoms with Gasteiger partial charge in [0, 0.05) is 34.7 Å². The standard InChI is InChI=1S/C21H22ClN3/c1-24(2)12-5-13-25-21(15-8-10-17(22)11-9-15)19-14-16-6-3-4-7-18(16)20(19)23-25/h3-4,6-11H,5,12-14H2,1-2H3. The van der Waals surface area contributed by atoms with E-state index >= 15 is 0 Å². The Hall–Kier alpha value is -2.10. The van der Waals surface area contributed by atoms with Crippen molar-refractivity contribution in [3.8, 4) is 22.5 Å². The Morgan fingerprint density at radius 3 is 2.60 bits per heavy atom. The lowest BCUT2D eigenvalue weighted by molar-refractivity contribution is 0.381. The van der Waals surface area contributed by atoms with E-state index in [0.717, 1.165) is 36.6 Å². The van der Waals surface area contributed by atoms with Gasteiger partial charge in [0.05, 0.1) is 11.4 Å². The second-order valence-electron chi connectivity index (χ2n) is 6.90. The minimum Gasteiger partial charge on any atom is -0.309 e. The summed E-state index contributed by atoms with van der Waals surface area (Å²) in [5.41, 5.74) is 7.56. The molecule has 0 bridgehead atoms. The van der Waals surface area contributed by atoms with E-state index < -0.39 is 0 Å². The highest BCUT2D eigenvalue weighted by atomic mass is 35.5. The SMILES string of the molecule is CN(C)CCCn1nc2c(c1-c1ccc(Cl)cc1)Cc1ccccc1-2. The van der Waals surface area contributed by atoms with Crippen LogP contribution in [0.4, 0.5) is 0 Å². The molecule has 0 saturated carbocycles. The first-order valence-corrected chi connectivity index (χ1v) is 9.10. The number of nitrogens with zero attached hydrogens (tertiary/aromatic N) is 3. The molecule has 25 heavy (non-hydrogen) atoms. The summed E-state index contributed by atoms with van der Waals surface area (Å²) in [5, 5.41) is 5.76. The van der Waals surface area contributed by atoms with Gasteiger partial charge in [-0.15, -0.1) is 0 Å². The quantitative estimate of drug-likeness (QED) is 0.518. The minimum atomic E-state index is 0.766. The van der Waals surface area contributed by atoms with Crippen LogP contribution < -0.4 is 0 Å². The molecule has 1 aliphatic carbocycles. The van der Waals surface area contributed by atoms with Crippen molar-refractivity contribution in [2.45, 2.75) is 19.4 Å². The summed E-state index contributed by atoms with van der Waals surface area (Å²) in [6.07, 6.45) is 2.03. The van der Waals surface area contributed by atoms with Gasteiger partial charge in [-0.1, -0.05) is 48.0 Å². The summed E-state index contributed by atoms with van der Waals surface area (Å²) in [7, 11) is 4.22. The highest BCUT2D eigenvalue weighted by Gasteiger charge is 2.27. The molecular weight excluding hydrogens is 330 g/mol. The summed E-state index contributed by atoms with van der Waals surface area (Å²) in [5.74, 6) is 0. The van der Waals surface area contributed by atoms with E-state index in [1.807, 2.05) is 12.1 Å². The van der Waals surface area contributed by atoms with Crippen LogP contribution in [0.3, 0.4) is 0 Å². The number of benzene rings is 2. The predicted octanol–water partition coefficient (Wildman–Crippen LogP) is 4.73. The van der Waals surface area contributed by atoms with Crippen LogP contribution in [0.5, 0.6) is 0 Å². The largest absolute Gasteiger partial charge is 0.309 e. The molecule has 0 saturated heterocycles. The number of halogens is 1. The molecule has 1 aliphatic rings. The second kappa shape index (κ2) is 6.66. The van der Waals surface area contributed by atoms with Gasteiger partial charge in [0.15, 0.2) is 0 Å². The Kier molecular flexibility index (Phi) is 4.36. The van der Waals surface area contributed by atoms with Crippen LogP contribution in [0.15, 0.2) is 48.5 Å². The van der Waals surface area contributed by atoms with Crippen LogP contribution in [0, 0.1) is 0 Å². The highest BCUT2D eigenvalue weighted by molar-refractivity contribution is 6.30. The molecule has 0 amide bonds. The number of aromatic nitrogens is 2. The highest BCUT2D eigenvalue weighted by Crippen LogP contribution is 2.41. The van der Waals surface area contributed by atoms with Crippen molar-refractivity contribution in [3.05, 3.63) is 64.7 Å². The smallest absolute Gasteiger partial charge is 0.0968 e. The van der Waals surface area contributed by atoms with E-state index in [1.165, 1.54) is 27.9 Å². The van der Waals surface area contributed by atoms with Crippen LogP contribution in [0.2, 0.25) is 5.02 Å². The molecule has 1 heterocycles. The van der Waals surface area contributed by atoms with Gasteiger partial charge < -0.3 is 4.90 Å². The van der Waals surface area contributed by atoms with E-state index in [2.05, 4.69) is 60.1 Å². The van der Waals surface area contributed by atoms with E-state index in [0.29, 0.717) is 0 Å². The van der Waals surface area contributed by atoms with Crippen molar-refractivity contribution in [2.24, 2.45) is 0 Å². The topological polar surface area (TPSA) is 21.1 Å². The van der Waals surface area contributed by atoms with E-state index in [4.69, 9.17) is 16.7 Å². The maximum absolute atomic E-state index is 6.09. The van der Waals surface area contributed by atoms with Crippen LogP contribution in [0.1, 0.15) is 17.5 Å². The number of aryl methyl sites for hydroxylation is 1. The zero-order valence-corrected chi connectivity index (χ0v) is 15.4. The lowest BCUT2D eigenvalue weighted by Gasteiger charge is -2.13. The molecule has 0 aliphatic heterocycles. The van der Waals surface area contributed by atoms with Crippen molar-refractivity contribution in [3.63, 3.8) is 0 Å². The maximum atomic E-state index is 6.09. The summed E-state index contributed by atoms with van der Waals surface area (Å²) in [6.45, 7) is 1.98. The van der Waals surface area contributed by atoms with Crippen LogP contribution >= 0.6 is 11.6 Å². The molecule has 4 heteroatoms. The van der Waals surface area contributed by atoms with Crippen molar-refractivity contribution >= 4 is 11.6 Å². The predicted molar refractivity (Wildman–Crippen MR) is 104 cm³/mol. The zero-order chi connectivity index (χ0) is 17.4. The van der Waals surface area contributed by atoms with Crippen molar-refractivity contribution in [1.82, 2.24) is 14.7 Å². The second-order valence-corrected chi connectivity index (χ2v) is 7.33. The number of hydrogen-bond donors (Lipinski definition) is 0. The van der Waals surface area contributed by atoms with Gasteiger partial charge in [-0.05, 0) is 44.8 Å². The molecule has 0 unspecified atom stereocenters. The van der Waals surface area contributed by atoms with Crippen molar-refractivity contribution in [1.29, 1.82) is 0 Å². The summed E-state index contributed by atoms with van der Waals surface area (Å²) < 4.78 is 2.19. The fraction of sp³-hybridized carbons (Fsp3) is 0.286. The van der Waals surface area contributed by atoms with Gasteiger partial charge in [0.25, 0.3) is 0 Å². The van der Waals surface area contributed by atoms with Crippen LogP contribution in [-0.4, -0.2) is 35.3 Å². The van der Waals surface area contributed by atoms with Crippen LogP contribution in [0.25, 0.3) is 22.5 Å². The molecular formula is C21H22ClN3. The Labute approximate surface area is 153 Å². The molecule has 128 valence electrons. The number of fused-ring (bicyclic) bond motifs is 3. The third-order valence-electron chi connectivity index (χ3n) is 4.78. The minimum absolute atomic E-state index is 0.766. The average molecular weight is 352 g/mol. The molecule has 0 spiro atoms. The molecule has 0 radical (unpaired) electrons. The fourth-order valence-electron chi connectivity index (χ4n) is 3.61. The van der Waals surface area contributed by atoms with Gasteiger partial charge >= 0.3 is 0 Å². The van der Waals surface area contributed by atoms with E-state index in [-0.39, 0.29) is 0 Å². The maximum Gasteiger partial charge on any atom is 0.0968 e. The Balaban J connectivity index is 1.77. The third kappa shape index (κ3) is 3.10. The van der Waals surface area contributed by atoms with Gasteiger partial charge in [-0.3, -0.25) is 4.68 Å². The Morgan fingerprint density at radius 1 is 1.08 bits per heavy atom. The first kappa shape index (κ1) is 16.4. The third-order valence-corrected chi connectivity index (χ3v) is 5.04. The zero-order valence-electron chi connectivity index (χ0n) is 14.7. The molecule has 0 fully saturated rings. The van der Waals surface area contributed by atoms with Gasteiger partial charge in [-0.2, -0.15) is 5.10 Å². The van der Waals surface area contributed by atoms with Gasteiger partial charge in [0.1, 0.15) is 0 Å². The van der Waals surface area contributed by atoms with Crippen molar-refractivity contribution < 1.29 is 0 Å². The fourth-order valence-corrected chi connectivity index (χ4v) is 3.73. The molecule has 3 aromatic rings. The lowest BCUT2D eigenvalue weighted by Crippen LogP contribution is -2.16. The lowest BCUT2D eigenvalue weighted by atomic mass is 10.1. The Morgan fingerprint density at radius 2 is 1.84 bits per heavy atom. The Bertz CT molecular complexity index is 894. The molecule has 4 rings (SSSR count). The molecule has 1 aromatic heterocycles. The number of hydrogen-bond acceptors (Lipinski definition) is 2. The summed E-state index contributed by atoms with van der Waals surface area (Å²) in [6, 6.07) is 16.7. The monoisotopic (exact) mass is 351 g/mol. The first-order valence-electron chi connectivity index (χ1n) is 8.72. The summed E-state index contributed by atoms with van der Waals surface area (Å²) in [4.78, 5) is 2.22. The molecule has 3 nitrogen and oxygen atoms in total. The molecule has 0 N–H and O–H groups in total. The summed E-state index contributed by atoms with van der Waals surface area (Å²) >= 11 is 6.09. The van der Waals surface area contributed by atoms with E-state index in [9.17, 15) is 0 Å². The first-order chi connectivity index (χ1) is 12.1. The van der Waals surface area contributed by atoms with Crippen molar-refractivity contribution in [2.75, 3.05) is 20.6 Å².